The molecule has 85 heavy (non-hydrogen) atoms. The molecule has 0 bridgehead atoms. The summed E-state index contributed by atoms with van der Waals surface area (Å²) in [6.07, 6.45) is 1.30. The number of aromatic nitrogens is 3. The number of hydrogen-bond donors (Lipinski definition) is 2. The van der Waals surface area contributed by atoms with Gasteiger partial charge in [0.2, 0.25) is 20.7 Å². The maximum Gasteiger partial charge on any atom is 0.330 e. The molecule has 9 rings (SSSR count). The van der Waals surface area contributed by atoms with Gasteiger partial charge in [0.15, 0.2) is 0 Å². The first-order valence-corrected chi connectivity index (χ1v) is 31.8. The van der Waals surface area contributed by atoms with Crippen LogP contribution in [0.1, 0.15) is 88.9 Å². The highest BCUT2D eigenvalue weighted by molar-refractivity contribution is 7.44. The highest BCUT2D eigenvalue weighted by Crippen LogP contribution is 2.51. The number of nitrogens with one attached hydrogen (secondary N) is 2. The van der Waals surface area contributed by atoms with Crippen LogP contribution in [0, 0.1) is 18.4 Å². The molecule has 2 aromatic heterocycles. The summed E-state index contributed by atoms with van der Waals surface area (Å²) in [6, 6.07) is 55.0. The van der Waals surface area contributed by atoms with E-state index in [9.17, 15) is 14.4 Å². The van der Waals surface area contributed by atoms with Crippen molar-refractivity contribution < 1.29 is 32.8 Å². The van der Waals surface area contributed by atoms with E-state index in [0.29, 0.717) is 11.5 Å². The lowest BCUT2D eigenvalue weighted by Gasteiger charge is -2.45. The van der Waals surface area contributed by atoms with E-state index in [2.05, 4.69) is 151 Å². The van der Waals surface area contributed by atoms with Crippen molar-refractivity contribution in [1.82, 2.24) is 23.8 Å². The maximum atomic E-state index is 14.0. The van der Waals surface area contributed by atoms with Gasteiger partial charge in [-0.15, -0.1) is 0 Å². The highest BCUT2D eigenvalue weighted by Gasteiger charge is 2.51. The first kappa shape index (κ1) is 61.7. The van der Waals surface area contributed by atoms with Crippen molar-refractivity contribution in [3.8, 4) is 23.3 Å². The molecule has 4 atom stereocenters. The predicted molar refractivity (Wildman–Crippen MR) is 338 cm³/mol. The number of hydrogen-bond acceptors (Lipinski definition) is 10. The molecule has 0 aliphatic carbocycles. The number of methoxy groups -OCH3 is 2. The Hall–Kier alpha value is -7.89. The minimum atomic E-state index is -2.84. The van der Waals surface area contributed by atoms with Crippen LogP contribution in [0.5, 0.6) is 11.5 Å². The van der Waals surface area contributed by atoms with E-state index in [4.69, 9.17) is 34.6 Å². The molecule has 0 spiro atoms. The third kappa shape index (κ3) is 13.2. The van der Waals surface area contributed by atoms with Crippen LogP contribution in [0.25, 0.3) is 15.7 Å². The molecule has 8 aromatic rings. The molecule has 1 saturated heterocycles. The Morgan fingerprint density at radius 3 is 1.89 bits per heavy atom. The van der Waals surface area contributed by atoms with Gasteiger partial charge >= 0.3 is 5.69 Å². The Bertz CT molecular complexity index is 3660. The van der Waals surface area contributed by atoms with Crippen LogP contribution in [0.2, 0.25) is 5.04 Å². The van der Waals surface area contributed by atoms with E-state index in [-0.39, 0.29) is 67.7 Å². The molecular formula is C68H75N6O9PSi. The zero-order chi connectivity index (χ0) is 60.3. The van der Waals surface area contributed by atoms with Crippen LogP contribution < -0.4 is 36.4 Å². The number of aromatic amines is 1. The van der Waals surface area contributed by atoms with Crippen molar-refractivity contribution in [2.75, 3.05) is 40.5 Å². The van der Waals surface area contributed by atoms with Gasteiger partial charge in [-0.1, -0.05) is 166 Å². The van der Waals surface area contributed by atoms with Crippen molar-refractivity contribution in [2.45, 2.75) is 102 Å². The minimum absolute atomic E-state index is 0.000570. The van der Waals surface area contributed by atoms with Crippen molar-refractivity contribution >= 4 is 43.9 Å². The molecular weight excluding hydrogens is 1100 g/mol. The quantitative estimate of drug-likeness (QED) is 0.0158. The Morgan fingerprint density at radius 1 is 0.788 bits per heavy atom. The van der Waals surface area contributed by atoms with Gasteiger partial charge < -0.3 is 42.4 Å². The van der Waals surface area contributed by atoms with E-state index < -0.39 is 52.0 Å². The molecule has 0 radical (unpaired) electrons. The van der Waals surface area contributed by atoms with Gasteiger partial charge in [-0.2, -0.15) is 0 Å². The average Bonchev–Trinajstić information content (AvgIpc) is 1.82. The predicted octanol–water partition coefficient (Wildman–Crippen LogP) is 10.6. The van der Waals surface area contributed by atoms with Crippen molar-refractivity contribution in [3.63, 3.8) is 0 Å². The summed E-state index contributed by atoms with van der Waals surface area (Å²) in [7, 11) is -1.39. The van der Waals surface area contributed by atoms with E-state index in [1.165, 1.54) is 21.1 Å². The number of rotatable bonds is 23. The molecule has 6 aromatic carbocycles. The van der Waals surface area contributed by atoms with E-state index in [0.717, 1.165) is 33.2 Å². The first-order valence-electron chi connectivity index (χ1n) is 28.7. The maximum absolute atomic E-state index is 14.0. The van der Waals surface area contributed by atoms with Gasteiger partial charge in [0.1, 0.15) is 41.6 Å². The van der Waals surface area contributed by atoms with E-state index in [1.54, 1.807) is 14.2 Å². The Labute approximate surface area is 500 Å². The lowest BCUT2D eigenvalue weighted by atomic mass is 9.80. The molecule has 2 N–H and O–H groups in total. The fraction of sp³-hybridized carbons (Fsp3) is 0.324. The fourth-order valence-corrected chi connectivity index (χ4v) is 19.2. The summed E-state index contributed by atoms with van der Waals surface area (Å²) in [5, 5.41) is 6.27. The summed E-state index contributed by atoms with van der Waals surface area (Å²) in [4.78, 5) is 47.5. The van der Waals surface area contributed by atoms with E-state index in [1.807, 2.05) is 103 Å². The molecule has 2 unspecified atom stereocenters. The van der Waals surface area contributed by atoms with Crippen LogP contribution in [0.4, 0.5) is 0 Å². The first-order chi connectivity index (χ1) is 41.0. The molecule has 1 amide bonds. The number of ether oxygens (including phenoxy) is 4. The largest absolute Gasteiger partial charge is 0.497 e. The second-order valence-corrected chi connectivity index (χ2v) is 28.5. The lowest BCUT2D eigenvalue weighted by Crippen LogP contribution is -2.69. The molecule has 440 valence electrons. The van der Waals surface area contributed by atoms with Crippen LogP contribution in [-0.4, -0.2) is 97.4 Å². The van der Waals surface area contributed by atoms with E-state index >= 15 is 0 Å². The third-order valence-electron chi connectivity index (χ3n) is 15.5. The van der Waals surface area contributed by atoms with Crippen LogP contribution >= 0.6 is 8.53 Å². The SMILES string of the molecule is [C-]#[N+]CCOP(OC1C[C@H](n2cc(C#CCNC(=O)Cc3cn([Si](c4ccccc4)(c4ccccc4)C(C)(C)C)c4ccccc34)c(=O)[nH]c2=O)O[C@@H]1COC(c1ccccc1)(c1ccc(OC)cc1)c1ccc(OC)cc1)N(C(C)C)C(C)C. The number of carbonyl (C=O) groups is 1. The van der Waals surface area contributed by atoms with Crippen LogP contribution in [0.15, 0.2) is 186 Å². The van der Waals surface area contributed by atoms with Crippen molar-refractivity contribution in [3.05, 3.63) is 236 Å². The molecule has 3 heterocycles. The van der Waals surface area contributed by atoms with Gasteiger partial charge in [-0.25, -0.2) is 16.0 Å². The molecule has 1 aliphatic rings. The summed E-state index contributed by atoms with van der Waals surface area (Å²) >= 11 is 0. The molecule has 1 aliphatic heterocycles. The summed E-state index contributed by atoms with van der Waals surface area (Å²) in [6.45, 7) is 22.9. The fourth-order valence-electron chi connectivity index (χ4n) is 11.8. The molecule has 17 heteroatoms. The standard InChI is InChI=1S/C68H75N6O9PSi/c1-48(2)74(49(3)4)84(81-42-41-69-8)83-61-44-64(82-62(61)47-80-68(52-24-14-11-15-25-52,53-32-36-55(78-9)37-33-53)54-34-38-56(79-10)39-35-54)72-45-50(65(76)71-66(72)77)23-22-40-70-63(75)43-51-46-73(60-31-21-20-30-59(51)60)85(67(5,6)7,57-26-16-12-17-27-57)58-28-18-13-19-29-58/h11-21,24-39,45-46,48-49,61-62,64H,40-44,47H2,1-7,9-10H3,(H,70,75)(H,71,76,77)/t61?,62-,64-,84?/m1/s1. The monoisotopic (exact) mass is 1180 g/mol. The minimum Gasteiger partial charge on any atom is -0.497 e. The second kappa shape index (κ2) is 27.4. The number of benzene rings is 6. The second-order valence-electron chi connectivity index (χ2n) is 22.5. The van der Waals surface area contributed by atoms with Crippen LogP contribution in [0.3, 0.4) is 0 Å². The number of para-hydroxylation sites is 1. The van der Waals surface area contributed by atoms with Crippen molar-refractivity contribution in [2.24, 2.45) is 0 Å². The van der Waals surface area contributed by atoms with Gasteiger partial charge in [-0.3, -0.25) is 19.1 Å². The number of nitrogens with zero attached hydrogens (tertiary/aromatic N) is 4. The number of carbonyl (C=O) groups excluding carboxylic acids is 1. The Kier molecular flexibility index (Phi) is 19.9. The van der Waals surface area contributed by atoms with Gasteiger partial charge in [0, 0.05) is 41.8 Å². The smallest absolute Gasteiger partial charge is 0.330 e. The van der Waals surface area contributed by atoms with Gasteiger partial charge in [0.05, 0.1) is 39.9 Å². The van der Waals surface area contributed by atoms with Gasteiger partial charge in [-0.05, 0) is 95.7 Å². The molecule has 1 fully saturated rings. The molecule has 15 nitrogen and oxygen atoms in total. The number of amides is 1. The van der Waals surface area contributed by atoms with Crippen molar-refractivity contribution in [1.29, 1.82) is 0 Å². The number of H-pyrrole nitrogens is 1. The lowest BCUT2D eigenvalue weighted by molar-refractivity contribution is -0.120. The summed E-state index contributed by atoms with van der Waals surface area (Å²) < 4.78 is 44.9. The zero-order valence-corrected chi connectivity index (χ0v) is 51.7. The van der Waals surface area contributed by atoms with Crippen LogP contribution in [-0.2, 0) is 35.3 Å². The Balaban J connectivity index is 1.01. The number of fused-ring (bicyclic) bond motifs is 1. The summed E-state index contributed by atoms with van der Waals surface area (Å²) in [5.74, 6) is 7.00. The average molecular weight is 1180 g/mol. The normalized spacial score (nSPS) is 15.8. The Morgan fingerprint density at radius 2 is 1.34 bits per heavy atom. The highest BCUT2D eigenvalue weighted by atomic mass is 31.2. The third-order valence-corrected chi connectivity index (χ3v) is 23.3. The van der Waals surface area contributed by atoms with Gasteiger partial charge in [0.25, 0.3) is 14.1 Å². The topological polar surface area (TPSA) is 152 Å². The summed E-state index contributed by atoms with van der Waals surface area (Å²) in [5.41, 5.74) is 1.78. The molecule has 0 saturated carbocycles. The zero-order valence-electron chi connectivity index (χ0n) is 49.8.